The first-order valence-corrected chi connectivity index (χ1v) is 6.32. The number of nitrogens with zero attached hydrogens (tertiary/aromatic N) is 1. The third-order valence-electron chi connectivity index (χ3n) is 3.34. The van der Waals surface area contributed by atoms with E-state index in [4.69, 9.17) is 4.74 Å². The molecule has 1 atom stereocenters. The molecule has 1 fully saturated rings. The molecule has 4 nitrogen and oxygen atoms in total. The molecule has 1 aromatic rings. The number of anilines is 1. The minimum absolute atomic E-state index is 0.0494. The Bertz CT molecular complexity index is 439. The predicted molar refractivity (Wildman–Crippen MR) is 69.8 cm³/mol. The van der Waals surface area contributed by atoms with Crippen molar-refractivity contribution in [3.05, 3.63) is 23.8 Å². The predicted octanol–water partition coefficient (Wildman–Crippen LogP) is 2.09. The fourth-order valence-corrected chi connectivity index (χ4v) is 2.28. The summed E-state index contributed by atoms with van der Waals surface area (Å²) in [6.07, 6.45) is 0.785. The number of hydrogen-bond donors (Lipinski definition) is 1. The van der Waals surface area contributed by atoms with Gasteiger partial charge in [0.15, 0.2) is 0 Å². The van der Waals surface area contributed by atoms with Crippen LogP contribution in [0.25, 0.3) is 0 Å². The van der Waals surface area contributed by atoms with E-state index in [0.717, 1.165) is 17.7 Å². The van der Waals surface area contributed by atoms with E-state index in [9.17, 15) is 9.90 Å². The quantitative estimate of drug-likeness (QED) is 0.892. The summed E-state index contributed by atoms with van der Waals surface area (Å²) in [5, 5.41) is 9.57. The molecule has 1 saturated heterocycles. The lowest BCUT2D eigenvalue weighted by atomic mass is 10.1. The number of carbonyl (C=O) groups excluding carboxylic acids is 1. The molecule has 1 unspecified atom stereocenters. The second-order valence-corrected chi connectivity index (χ2v) is 4.61. The van der Waals surface area contributed by atoms with Crippen LogP contribution in [0.3, 0.4) is 0 Å². The van der Waals surface area contributed by atoms with Crippen LogP contribution in [-0.2, 0) is 9.53 Å². The van der Waals surface area contributed by atoms with E-state index in [0.29, 0.717) is 19.8 Å². The Balaban J connectivity index is 2.26. The Morgan fingerprint density at radius 1 is 1.56 bits per heavy atom. The van der Waals surface area contributed by atoms with Crippen molar-refractivity contribution in [2.75, 3.05) is 24.7 Å². The third-order valence-corrected chi connectivity index (χ3v) is 3.34. The third kappa shape index (κ3) is 2.48. The number of benzene rings is 1. The van der Waals surface area contributed by atoms with Gasteiger partial charge in [-0.25, -0.2) is 0 Å². The molecule has 1 aliphatic rings. The maximum absolute atomic E-state index is 12.4. The normalized spacial score (nSPS) is 18.9. The van der Waals surface area contributed by atoms with E-state index in [2.05, 4.69) is 0 Å². The van der Waals surface area contributed by atoms with Gasteiger partial charge in [-0.1, -0.05) is 6.07 Å². The van der Waals surface area contributed by atoms with Crippen molar-refractivity contribution in [3.63, 3.8) is 0 Å². The number of rotatable bonds is 3. The molecule has 1 aliphatic heterocycles. The summed E-state index contributed by atoms with van der Waals surface area (Å²) < 4.78 is 5.27. The molecule has 98 valence electrons. The van der Waals surface area contributed by atoms with Gasteiger partial charge >= 0.3 is 0 Å². The summed E-state index contributed by atoms with van der Waals surface area (Å²) >= 11 is 0. The molecule has 0 saturated carbocycles. The van der Waals surface area contributed by atoms with E-state index in [1.165, 1.54) is 0 Å². The van der Waals surface area contributed by atoms with Gasteiger partial charge in [-0.15, -0.1) is 0 Å². The van der Waals surface area contributed by atoms with Gasteiger partial charge in [-0.3, -0.25) is 4.79 Å². The summed E-state index contributed by atoms with van der Waals surface area (Å²) in [6, 6.07) is 5.11. The van der Waals surface area contributed by atoms with Crippen molar-refractivity contribution in [1.29, 1.82) is 0 Å². The topological polar surface area (TPSA) is 49.8 Å². The van der Waals surface area contributed by atoms with E-state index >= 15 is 0 Å². The zero-order valence-electron chi connectivity index (χ0n) is 10.8. The first kappa shape index (κ1) is 12.9. The molecule has 4 heteroatoms. The van der Waals surface area contributed by atoms with Crippen LogP contribution in [0.1, 0.15) is 18.9 Å². The maximum atomic E-state index is 12.4. The molecule has 0 bridgehead atoms. The van der Waals surface area contributed by atoms with E-state index < -0.39 is 0 Å². The van der Waals surface area contributed by atoms with Crippen molar-refractivity contribution in [1.82, 2.24) is 0 Å². The molecule has 1 N–H and O–H groups in total. The van der Waals surface area contributed by atoms with Crippen LogP contribution < -0.4 is 4.90 Å². The molecule has 0 spiro atoms. The fourth-order valence-electron chi connectivity index (χ4n) is 2.28. The maximum Gasteiger partial charge on any atom is 0.232 e. The molecule has 0 aliphatic carbocycles. The Kier molecular flexibility index (Phi) is 3.87. The van der Waals surface area contributed by atoms with Gasteiger partial charge in [-0.2, -0.15) is 0 Å². The van der Waals surface area contributed by atoms with Crippen LogP contribution >= 0.6 is 0 Å². The van der Waals surface area contributed by atoms with Gasteiger partial charge in [0.2, 0.25) is 5.91 Å². The first-order valence-electron chi connectivity index (χ1n) is 6.32. The molecule has 0 aromatic heterocycles. The van der Waals surface area contributed by atoms with Gasteiger partial charge in [0.05, 0.1) is 18.2 Å². The smallest absolute Gasteiger partial charge is 0.232 e. The summed E-state index contributed by atoms with van der Waals surface area (Å²) in [5.41, 5.74) is 1.77. The van der Waals surface area contributed by atoms with Gasteiger partial charge in [-0.05, 0) is 31.9 Å². The van der Waals surface area contributed by atoms with Crippen LogP contribution in [0.15, 0.2) is 18.2 Å². The Hall–Kier alpha value is -1.55. The highest BCUT2D eigenvalue weighted by Crippen LogP contribution is 2.27. The van der Waals surface area contributed by atoms with Gasteiger partial charge in [0.1, 0.15) is 5.75 Å². The molecule has 1 heterocycles. The lowest BCUT2D eigenvalue weighted by molar-refractivity contribution is -0.122. The van der Waals surface area contributed by atoms with Crippen molar-refractivity contribution >= 4 is 11.6 Å². The average Bonchev–Trinajstić information content (AvgIpc) is 2.88. The zero-order chi connectivity index (χ0) is 13.1. The number of phenols is 1. The first-order chi connectivity index (χ1) is 8.63. The SMILES string of the molecule is CCN(C(=O)C1CCOC1)c1cc(O)ccc1C. The lowest BCUT2D eigenvalue weighted by Gasteiger charge is -2.25. The molecular formula is C14H19NO3. The highest BCUT2D eigenvalue weighted by atomic mass is 16.5. The Labute approximate surface area is 107 Å². The highest BCUT2D eigenvalue weighted by Gasteiger charge is 2.28. The summed E-state index contributed by atoms with van der Waals surface area (Å²) in [4.78, 5) is 14.1. The van der Waals surface area contributed by atoms with Crippen molar-refractivity contribution in [2.24, 2.45) is 5.92 Å². The Morgan fingerprint density at radius 2 is 2.33 bits per heavy atom. The minimum atomic E-state index is -0.0494. The van der Waals surface area contributed by atoms with Gasteiger partial charge in [0, 0.05) is 19.2 Å². The number of phenolic OH excluding ortho intramolecular Hbond substituents is 1. The Morgan fingerprint density at radius 3 is 2.94 bits per heavy atom. The summed E-state index contributed by atoms with van der Waals surface area (Å²) in [7, 11) is 0. The van der Waals surface area contributed by atoms with Crippen molar-refractivity contribution in [3.8, 4) is 5.75 Å². The molecule has 2 rings (SSSR count). The second kappa shape index (κ2) is 5.40. The van der Waals surface area contributed by atoms with Crippen LogP contribution in [0.4, 0.5) is 5.69 Å². The zero-order valence-corrected chi connectivity index (χ0v) is 10.8. The molecule has 18 heavy (non-hydrogen) atoms. The molecule has 1 aromatic carbocycles. The lowest BCUT2D eigenvalue weighted by Crippen LogP contribution is -2.36. The second-order valence-electron chi connectivity index (χ2n) is 4.61. The number of ether oxygens (including phenoxy) is 1. The van der Waals surface area contributed by atoms with E-state index in [1.54, 1.807) is 17.0 Å². The van der Waals surface area contributed by atoms with Crippen LogP contribution in [-0.4, -0.2) is 30.8 Å². The largest absolute Gasteiger partial charge is 0.508 e. The number of aromatic hydroxyl groups is 1. The number of aryl methyl sites for hydroxylation is 1. The van der Waals surface area contributed by atoms with E-state index in [1.807, 2.05) is 19.9 Å². The fraction of sp³-hybridized carbons (Fsp3) is 0.500. The highest BCUT2D eigenvalue weighted by molar-refractivity contribution is 5.96. The average molecular weight is 249 g/mol. The standard InChI is InChI=1S/C14H19NO3/c1-3-15(14(17)11-6-7-18-9-11)13-8-12(16)5-4-10(13)2/h4-5,8,11,16H,3,6-7,9H2,1-2H3. The number of hydrogen-bond acceptors (Lipinski definition) is 3. The van der Waals surface area contributed by atoms with Crippen LogP contribution in [0.5, 0.6) is 5.75 Å². The molecular weight excluding hydrogens is 230 g/mol. The van der Waals surface area contributed by atoms with Gasteiger partial charge in [0.25, 0.3) is 0 Å². The van der Waals surface area contributed by atoms with Crippen molar-refractivity contribution in [2.45, 2.75) is 20.3 Å². The van der Waals surface area contributed by atoms with Crippen LogP contribution in [0, 0.1) is 12.8 Å². The minimum Gasteiger partial charge on any atom is -0.508 e. The molecule has 1 amide bonds. The number of carbonyl (C=O) groups is 1. The van der Waals surface area contributed by atoms with Crippen LogP contribution in [0.2, 0.25) is 0 Å². The summed E-state index contributed by atoms with van der Waals surface area (Å²) in [6.45, 7) is 5.65. The van der Waals surface area contributed by atoms with Crippen molar-refractivity contribution < 1.29 is 14.6 Å². The van der Waals surface area contributed by atoms with Gasteiger partial charge < -0.3 is 14.7 Å². The summed E-state index contributed by atoms with van der Waals surface area (Å²) in [5.74, 6) is 0.222. The molecule has 0 radical (unpaired) electrons. The number of amides is 1. The van der Waals surface area contributed by atoms with E-state index in [-0.39, 0.29) is 17.6 Å². The monoisotopic (exact) mass is 249 g/mol.